The second-order valence-corrected chi connectivity index (χ2v) is 6.14. The maximum Gasteiger partial charge on any atom is 0.175 e. The molecule has 2 rings (SSSR count). The summed E-state index contributed by atoms with van der Waals surface area (Å²) in [4.78, 5) is 0. The highest BCUT2D eigenvalue weighted by Crippen LogP contribution is 2.38. The number of fused-ring (bicyclic) bond motifs is 1. The van der Waals surface area contributed by atoms with Crippen LogP contribution in [0.1, 0.15) is 19.4 Å². The van der Waals surface area contributed by atoms with E-state index in [1.54, 1.807) is 7.11 Å². The molecule has 5 heteroatoms. The largest absolute Gasteiger partial charge is 0.486 e. The summed E-state index contributed by atoms with van der Waals surface area (Å²) in [5.74, 6) is 2.14. The lowest BCUT2D eigenvalue weighted by molar-refractivity contribution is 0.146. The molecule has 0 aromatic heterocycles. The highest BCUT2D eigenvalue weighted by atomic mass is 79.9. The molecule has 0 amide bonds. The maximum absolute atomic E-state index is 5.64. The zero-order valence-corrected chi connectivity index (χ0v) is 13.8. The van der Waals surface area contributed by atoms with Crippen LogP contribution in [0.15, 0.2) is 16.6 Å². The molecule has 20 heavy (non-hydrogen) atoms. The van der Waals surface area contributed by atoms with E-state index in [0.29, 0.717) is 31.8 Å². The minimum absolute atomic E-state index is 0.340. The Labute approximate surface area is 128 Å². The second-order valence-electron chi connectivity index (χ2n) is 5.29. The quantitative estimate of drug-likeness (QED) is 0.861. The molecule has 0 spiro atoms. The zero-order chi connectivity index (χ0) is 14.5. The van der Waals surface area contributed by atoms with Crippen molar-refractivity contribution in [1.29, 1.82) is 0 Å². The minimum atomic E-state index is 0.340. The van der Waals surface area contributed by atoms with Crippen LogP contribution in [-0.2, 0) is 11.3 Å². The number of halogens is 1. The third-order valence-electron chi connectivity index (χ3n) is 3.38. The van der Waals surface area contributed by atoms with Crippen LogP contribution >= 0.6 is 15.9 Å². The monoisotopic (exact) mass is 343 g/mol. The van der Waals surface area contributed by atoms with E-state index in [2.05, 4.69) is 41.2 Å². The van der Waals surface area contributed by atoms with Crippen molar-refractivity contribution in [2.75, 3.05) is 26.9 Å². The molecular formula is C15H22BrNO3. The van der Waals surface area contributed by atoms with Gasteiger partial charge in [-0.15, -0.1) is 0 Å². The van der Waals surface area contributed by atoms with Gasteiger partial charge in [0.2, 0.25) is 0 Å². The van der Waals surface area contributed by atoms with E-state index in [9.17, 15) is 0 Å². The molecular weight excluding hydrogens is 322 g/mol. The highest BCUT2D eigenvalue weighted by molar-refractivity contribution is 9.10. The third-order valence-corrected chi connectivity index (χ3v) is 3.96. The van der Waals surface area contributed by atoms with Gasteiger partial charge in [0.25, 0.3) is 0 Å². The lowest BCUT2D eigenvalue weighted by Gasteiger charge is -2.23. The Balaban J connectivity index is 2.04. The fourth-order valence-electron chi connectivity index (χ4n) is 2.18. The predicted octanol–water partition coefficient (Wildman–Crippen LogP) is 2.98. The lowest BCUT2D eigenvalue weighted by atomic mass is 10.0. The Morgan fingerprint density at radius 1 is 1.30 bits per heavy atom. The van der Waals surface area contributed by atoms with Crippen LogP contribution < -0.4 is 14.8 Å². The molecule has 0 saturated carbocycles. The van der Waals surface area contributed by atoms with Gasteiger partial charge in [-0.1, -0.05) is 13.8 Å². The zero-order valence-electron chi connectivity index (χ0n) is 12.2. The van der Waals surface area contributed by atoms with E-state index < -0.39 is 0 Å². The summed E-state index contributed by atoms with van der Waals surface area (Å²) < 4.78 is 17.4. The molecule has 1 unspecified atom stereocenters. The Bertz CT molecular complexity index is 451. The van der Waals surface area contributed by atoms with Crippen molar-refractivity contribution < 1.29 is 14.2 Å². The molecule has 1 heterocycles. The molecule has 1 aromatic carbocycles. The van der Waals surface area contributed by atoms with Crippen molar-refractivity contribution in [2.24, 2.45) is 5.92 Å². The van der Waals surface area contributed by atoms with E-state index in [-0.39, 0.29) is 0 Å². The fourth-order valence-corrected chi connectivity index (χ4v) is 2.79. The lowest BCUT2D eigenvalue weighted by Crippen LogP contribution is -2.37. The Hall–Kier alpha value is -0.780. The molecule has 1 aliphatic heterocycles. The first-order valence-electron chi connectivity index (χ1n) is 6.92. The first-order valence-corrected chi connectivity index (χ1v) is 7.71. The molecule has 0 aliphatic carbocycles. The van der Waals surface area contributed by atoms with Crippen molar-refractivity contribution in [3.05, 3.63) is 22.2 Å². The average Bonchev–Trinajstić information content (AvgIpc) is 2.43. The number of methoxy groups -OCH3 is 1. The average molecular weight is 344 g/mol. The van der Waals surface area contributed by atoms with Crippen molar-refractivity contribution in [3.63, 3.8) is 0 Å². The van der Waals surface area contributed by atoms with Crippen LogP contribution in [0.5, 0.6) is 11.5 Å². The minimum Gasteiger partial charge on any atom is -0.486 e. The summed E-state index contributed by atoms with van der Waals surface area (Å²) in [6.07, 6.45) is 0. The molecule has 1 aliphatic rings. The molecule has 112 valence electrons. The van der Waals surface area contributed by atoms with Gasteiger partial charge in [0.05, 0.1) is 11.1 Å². The molecule has 4 nitrogen and oxygen atoms in total. The van der Waals surface area contributed by atoms with Crippen LogP contribution in [0.2, 0.25) is 0 Å². The fraction of sp³-hybridized carbons (Fsp3) is 0.600. The van der Waals surface area contributed by atoms with Gasteiger partial charge in [0, 0.05) is 19.7 Å². The van der Waals surface area contributed by atoms with E-state index in [0.717, 1.165) is 22.5 Å². The van der Waals surface area contributed by atoms with Gasteiger partial charge in [-0.05, 0) is 39.5 Å². The topological polar surface area (TPSA) is 39.7 Å². The van der Waals surface area contributed by atoms with E-state index >= 15 is 0 Å². The number of hydrogen-bond donors (Lipinski definition) is 1. The molecule has 0 bridgehead atoms. The van der Waals surface area contributed by atoms with E-state index in [1.807, 2.05) is 6.07 Å². The summed E-state index contributed by atoms with van der Waals surface area (Å²) in [5.41, 5.74) is 1.17. The van der Waals surface area contributed by atoms with Crippen molar-refractivity contribution in [3.8, 4) is 11.5 Å². The van der Waals surface area contributed by atoms with Gasteiger partial charge in [-0.25, -0.2) is 0 Å². The van der Waals surface area contributed by atoms with Crippen molar-refractivity contribution in [2.45, 2.75) is 26.4 Å². The van der Waals surface area contributed by atoms with Crippen LogP contribution in [0, 0.1) is 5.92 Å². The smallest absolute Gasteiger partial charge is 0.175 e. The van der Waals surface area contributed by atoms with Crippen LogP contribution in [0.4, 0.5) is 0 Å². The molecule has 1 N–H and O–H groups in total. The van der Waals surface area contributed by atoms with Gasteiger partial charge < -0.3 is 19.5 Å². The highest BCUT2D eigenvalue weighted by Gasteiger charge is 2.17. The first kappa shape index (κ1) is 15.6. The normalized spacial score (nSPS) is 15.4. The van der Waals surface area contributed by atoms with Crippen LogP contribution in [-0.4, -0.2) is 33.0 Å². The first-order chi connectivity index (χ1) is 9.61. The van der Waals surface area contributed by atoms with Crippen LogP contribution in [0.3, 0.4) is 0 Å². The van der Waals surface area contributed by atoms with E-state index in [1.165, 1.54) is 5.56 Å². The number of rotatable bonds is 6. The van der Waals surface area contributed by atoms with Gasteiger partial charge in [0.1, 0.15) is 13.2 Å². The third kappa shape index (κ3) is 3.87. The van der Waals surface area contributed by atoms with Gasteiger partial charge >= 0.3 is 0 Å². The summed E-state index contributed by atoms with van der Waals surface area (Å²) >= 11 is 3.54. The van der Waals surface area contributed by atoms with E-state index in [4.69, 9.17) is 14.2 Å². The van der Waals surface area contributed by atoms with Gasteiger partial charge in [-0.3, -0.25) is 0 Å². The molecule has 0 saturated heterocycles. The standard InChI is InChI=1S/C15H22BrNO3/c1-10(2)13(9-18-3)17-8-11-6-12(16)15-14(7-11)19-4-5-20-15/h6-7,10,13,17H,4-5,8-9H2,1-3H3. The van der Waals surface area contributed by atoms with Gasteiger partial charge in [-0.2, -0.15) is 0 Å². The Kier molecular flexibility index (Phi) is 5.69. The summed E-state index contributed by atoms with van der Waals surface area (Å²) in [6.45, 7) is 7.08. The summed E-state index contributed by atoms with van der Waals surface area (Å²) in [7, 11) is 1.73. The molecule has 0 radical (unpaired) electrons. The van der Waals surface area contributed by atoms with Crippen molar-refractivity contribution in [1.82, 2.24) is 5.32 Å². The second kappa shape index (κ2) is 7.29. The molecule has 1 atom stereocenters. The number of hydrogen-bond acceptors (Lipinski definition) is 4. The number of ether oxygens (including phenoxy) is 3. The van der Waals surface area contributed by atoms with Gasteiger partial charge in [0.15, 0.2) is 11.5 Å². The number of benzene rings is 1. The predicted molar refractivity (Wildman–Crippen MR) is 82.5 cm³/mol. The Morgan fingerprint density at radius 2 is 2.05 bits per heavy atom. The SMILES string of the molecule is COCC(NCc1cc(Br)c2c(c1)OCCO2)C(C)C. The molecule has 0 fully saturated rings. The summed E-state index contributed by atoms with van der Waals surface area (Å²) in [6, 6.07) is 4.45. The maximum atomic E-state index is 5.64. The Morgan fingerprint density at radius 3 is 2.75 bits per heavy atom. The summed E-state index contributed by atoms with van der Waals surface area (Å²) in [5, 5.41) is 3.53. The number of nitrogens with one attached hydrogen (secondary N) is 1. The molecule has 1 aromatic rings. The van der Waals surface area contributed by atoms with Crippen molar-refractivity contribution >= 4 is 15.9 Å². The van der Waals surface area contributed by atoms with Crippen LogP contribution in [0.25, 0.3) is 0 Å².